The molecule has 0 aliphatic heterocycles. The molecule has 1 aliphatic carbocycles. The van der Waals surface area contributed by atoms with Gasteiger partial charge in [-0.05, 0) is 12.8 Å². The molecule has 0 nitrogen and oxygen atoms in total. The summed E-state index contributed by atoms with van der Waals surface area (Å²) in [5, 5.41) is 0. The minimum atomic E-state index is -2.37. The van der Waals surface area contributed by atoms with Gasteiger partial charge in [-0.15, -0.1) is 0 Å². The third kappa shape index (κ3) is 0.721. The van der Waals surface area contributed by atoms with E-state index in [1.807, 2.05) is 0 Å². The first-order valence-electron chi connectivity index (χ1n) is 2.84. The summed E-state index contributed by atoms with van der Waals surface area (Å²) < 4.78 is 24.3. The highest BCUT2D eigenvalue weighted by atomic mass is 19.3. The van der Waals surface area contributed by atoms with Gasteiger partial charge in [0.15, 0.2) is 0 Å². The van der Waals surface area contributed by atoms with Crippen LogP contribution in [0.1, 0.15) is 19.8 Å². The van der Waals surface area contributed by atoms with Crippen molar-refractivity contribution in [2.45, 2.75) is 25.7 Å². The fourth-order valence-corrected chi connectivity index (χ4v) is 0.940. The Labute approximate surface area is 47.9 Å². The Bertz CT molecular complexity index is 86.5. The first kappa shape index (κ1) is 5.99. The Morgan fingerprint density at radius 3 is 2.25 bits per heavy atom. The second kappa shape index (κ2) is 1.67. The molecule has 0 aromatic carbocycles. The first-order valence-corrected chi connectivity index (χ1v) is 2.84. The Hall–Kier alpha value is -0.140. The molecular formula is C6H9F2. The lowest BCUT2D eigenvalue weighted by atomic mass is 9.79. The summed E-state index contributed by atoms with van der Waals surface area (Å²) in [6.45, 7) is 1.69. The predicted octanol–water partition coefficient (Wildman–Crippen LogP) is 2.26. The van der Waals surface area contributed by atoms with Crippen LogP contribution in [-0.4, -0.2) is 5.92 Å². The summed E-state index contributed by atoms with van der Waals surface area (Å²) in [6.07, 6.45) is 2.34. The van der Waals surface area contributed by atoms with Crippen LogP contribution in [0.5, 0.6) is 0 Å². The molecule has 1 rings (SSSR count). The second-order valence-electron chi connectivity index (χ2n) is 2.24. The van der Waals surface area contributed by atoms with E-state index in [0.717, 1.165) is 0 Å². The van der Waals surface area contributed by atoms with Crippen LogP contribution in [0.15, 0.2) is 0 Å². The van der Waals surface area contributed by atoms with Crippen LogP contribution < -0.4 is 0 Å². The SMILES string of the molecule is C[CH]C1CCC1(F)F. The van der Waals surface area contributed by atoms with E-state index in [0.29, 0.717) is 6.42 Å². The zero-order valence-corrected chi connectivity index (χ0v) is 4.82. The van der Waals surface area contributed by atoms with Crippen molar-refractivity contribution in [2.24, 2.45) is 5.92 Å². The van der Waals surface area contributed by atoms with Crippen molar-refractivity contribution in [3.8, 4) is 0 Å². The van der Waals surface area contributed by atoms with Gasteiger partial charge in [0.2, 0.25) is 0 Å². The van der Waals surface area contributed by atoms with Crippen LogP contribution >= 0.6 is 0 Å². The van der Waals surface area contributed by atoms with Gasteiger partial charge in [0, 0.05) is 12.3 Å². The van der Waals surface area contributed by atoms with Gasteiger partial charge in [-0.1, -0.05) is 6.92 Å². The molecule has 1 fully saturated rings. The summed E-state index contributed by atoms with van der Waals surface area (Å²) in [7, 11) is 0. The molecule has 2 heteroatoms. The maximum absolute atomic E-state index is 12.2. The second-order valence-corrected chi connectivity index (χ2v) is 2.24. The fourth-order valence-electron chi connectivity index (χ4n) is 0.940. The van der Waals surface area contributed by atoms with Crippen molar-refractivity contribution in [3.63, 3.8) is 0 Å². The lowest BCUT2D eigenvalue weighted by Crippen LogP contribution is -2.38. The van der Waals surface area contributed by atoms with Crippen LogP contribution in [0.4, 0.5) is 8.78 Å². The minimum Gasteiger partial charge on any atom is -0.207 e. The van der Waals surface area contributed by atoms with E-state index in [1.54, 1.807) is 13.3 Å². The molecule has 8 heavy (non-hydrogen) atoms. The lowest BCUT2D eigenvalue weighted by molar-refractivity contribution is -0.117. The average Bonchev–Trinajstić information content (AvgIpc) is 1.66. The zero-order chi connectivity index (χ0) is 6.20. The zero-order valence-electron chi connectivity index (χ0n) is 4.82. The topological polar surface area (TPSA) is 0 Å². The summed E-state index contributed by atoms with van der Waals surface area (Å²) in [6, 6.07) is 0. The summed E-state index contributed by atoms with van der Waals surface area (Å²) >= 11 is 0. The molecule has 0 aromatic rings. The molecule has 1 radical (unpaired) electrons. The Morgan fingerprint density at radius 2 is 2.25 bits per heavy atom. The van der Waals surface area contributed by atoms with Crippen LogP contribution in [0.25, 0.3) is 0 Å². The van der Waals surface area contributed by atoms with Crippen molar-refractivity contribution in [1.82, 2.24) is 0 Å². The van der Waals surface area contributed by atoms with Crippen molar-refractivity contribution in [2.75, 3.05) is 0 Å². The molecule has 47 valence electrons. The van der Waals surface area contributed by atoms with Crippen LogP contribution in [0.3, 0.4) is 0 Å². The van der Waals surface area contributed by atoms with E-state index in [2.05, 4.69) is 0 Å². The molecule has 0 aromatic heterocycles. The van der Waals surface area contributed by atoms with Gasteiger partial charge in [0.05, 0.1) is 0 Å². The molecule has 1 saturated carbocycles. The molecule has 0 spiro atoms. The van der Waals surface area contributed by atoms with Crippen molar-refractivity contribution in [3.05, 3.63) is 6.42 Å². The van der Waals surface area contributed by atoms with Gasteiger partial charge in [-0.2, -0.15) is 0 Å². The Balaban J connectivity index is 2.37. The smallest absolute Gasteiger partial charge is 0.207 e. The monoisotopic (exact) mass is 119 g/mol. The largest absolute Gasteiger partial charge is 0.251 e. The summed E-state index contributed by atoms with van der Waals surface area (Å²) in [4.78, 5) is 0. The quantitative estimate of drug-likeness (QED) is 0.496. The van der Waals surface area contributed by atoms with Gasteiger partial charge >= 0.3 is 0 Å². The van der Waals surface area contributed by atoms with Gasteiger partial charge in [0.1, 0.15) is 0 Å². The van der Waals surface area contributed by atoms with E-state index < -0.39 is 11.8 Å². The van der Waals surface area contributed by atoms with Crippen molar-refractivity contribution >= 4 is 0 Å². The molecular weight excluding hydrogens is 110 g/mol. The lowest BCUT2D eigenvalue weighted by Gasteiger charge is -2.35. The summed E-state index contributed by atoms with van der Waals surface area (Å²) in [5.41, 5.74) is 0. The number of halogens is 2. The molecule has 0 amide bonds. The molecule has 0 bridgehead atoms. The normalized spacial score (nSPS) is 34.1. The number of hydrogen-bond acceptors (Lipinski definition) is 0. The van der Waals surface area contributed by atoms with Gasteiger partial charge in [0.25, 0.3) is 5.92 Å². The van der Waals surface area contributed by atoms with Crippen molar-refractivity contribution < 1.29 is 8.78 Å². The van der Waals surface area contributed by atoms with E-state index in [9.17, 15) is 8.78 Å². The average molecular weight is 119 g/mol. The Kier molecular flexibility index (Phi) is 1.25. The molecule has 1 atom stereocenters. The predicted molar refractivity (Wildman–Crippen MR) is 27.6 cm³/mol. The maximum atomic E-state index is 12.2. The van der Waals surface area contributed by atoms with Crippen LogP contribution in [0, 0.1) is 12.3 Å². The minimum absolute atomic E-state index is 0.0853. The molecule has 0 saturated heterocycles. The summed E-state index contributed by atoms with van der Waals surface area (Å²) in [5.74, 6) is -2.79. The van der Waals surface area contributed by atoms with Gasteiger partial charge in [-0.3, -0.25) is 0 Å². The molecule has 0 heterocycles. The van der Waals surface area contributed by atoms with Crippen LogP contribution in [0.2, 0.25) is 0 Å². The van der Waals surface area contributed by atoms with Gasteiger partial charge in [-0.25, -0.2) is 8.78 Å². The standard InChI is InChI=1S/C6H9F2/c1-2-5-3-4-6(5,7)8/h2,5H,3-4H2,1H3. The number of rotatable bonds is 1. The van der Waals surface area contributed by atoms with E-state index in [1.165, 1.54) is 0 Å². The third-order valence-corrected chi connectivity index (χ3v) is 1.73. The number of hydrogen-bond donors (Lipinski definition) is 0. The highest BCUT2D eigenvalue weighted by Gasteiger charge is 2.46. The highest BCUT2D eigenvalue weighted by Crippen LogP contribution is 2.44. The van der Waals surface area contributed by atoms with Gasteiger partial charge < -0.3 is 0 Å². The fraction of sp³-hybridized carbons (Fsp3) is 0.833. The first-order chi connectivity index (χ1) is 3.67. The van der Waals surface area contributed by atoms with E-state index in [4.69, 9.17) is 0 Å². The van der Waals surface area contributed by atoms with E-state index in [-0.39, 0.29) is 6.42 Å². The molecule has 0 N–H and O–H groups in total. The van der Waals surface area contributed by atoms with Crippen molar-refractivity contribution in [1.29, 1.82) is 0 Å². The van der Waals surface area contributed by atoms with Crippen LogP contribution in [-0.2, 0) is 0 Å². The molecule has 1 unspecified atom stereocenters. The third-order valence-electron chi connectivity index (χ3n) is 1.73. The molecule has 1 aliphatic rings. The number of alkyl halides is 2. The Morgan fingerprint density at radius 1 is 1.62 bits per heavy atom. The highest BCUT2D eigenvalue weighted by molar-refractivity contribution is 4.94. The maximum Gasteiger partial charge on any atom is 0.251 e. The van der Waals surface area contributed by atoms with E-state index >= 15 is 0 Å².